The van der Waals surface area contributed by atoms with Crippen LogP contribution in [0, 0.1) is 13.8 Å². The third kappa shape index (κ3) is 4.86. The number of aromatic amines is 1. The van der Waals surface area contributed by atoms with Crippen molar-refractivity contribution in [3.63, 3.8) is 0 Å². The lowest BCUT2D eigenvalue weighted by molar-refractivity contribution is 0.101. The molecule has 39 heavy (non-hydrogen) atoms. The van der Waals surface area contributed by atoms with Gasteiger partial charge in [0.15, 0.2) is 5.76 Å². The lowest BCUT2D eigenvalue weighted by Crippen LogP contribution is -2.24. The van der Waals surface area contributed by atoms with Gasteiger partial charge in [-0.15, -0.1) is 0 Å². The normalized spacial score (nSPS) is 13.7. The topological polar surface area (TPSA) is 114 Å². The Labute approximate surface area is 226 Å². The van der Waals surface area contributed by atoms with E-state index in [-0.39, 0.29) is 17.6 Å². The number of fused-ring (bicyclic) bond motifs is 2. The first-order valence-electron chi connectivity index (χ1n) is 12.7. The number of anilines is 1. The van der Waals surface area contributed by atoms with Gasteiger partial charge >= 0.3 is 6.03 Å². The van der Waals surface area contributed by atoms with Crippen molar-refractivity contribution in [3.8, 4) is 22.8 Å². The molecule has 0 bridgehead atoms. The quantitative estimate of drug-likeness (QED) is 0.303. The molecular weight excluding hydrogens is 496 g/mol. The molecule has 10 nitrogen and oxygen atoms in total. The molecule has 0 radical (unpaired) electrons. The maximum Gasteiger partial charge on any atom is 0.318 e. The fourth-order valence-corrected chi connectivity index (χ4v) is 4.83. The first-order chi connectivity index (χ1) is 18.7. The molecule has 0 fully saturated rings. The van der Waals surface area contributed by atoms with E-state index in [1.54, 1.807) is 31.4 Å². The molecule has 2 aromatic heterocycles. The van der Waals surface area contributed by atoms with Crippen molar-refractivity contribution in [1.29, 1.82) is 0 Å². The number of urea groups is 1. The molecule has 0 unspecified atom stereocenters. The molecule has 202 valence electrons. The number of allylic oxidation sites excluding steroid dienone is 1. The monoisotopic (exact) mass is 528 g/mol. The van der Waals surface area contributed by atoms with Gasteiger partial charge in [0.25, 0.3) is 0 Å². The minimum Gasteiger partial charge on any atom is -0.497 e. The minimum absolute atomic E-state index is 0.197. The minimum atomic E-state index is -0.369. The van der Waals surface area contributed by atoms with Crippen LogP contribution in [0.5, 0.6) is 11.5 Å². The summed E-state index contributed by atoms with van der Waals surface area (Å²) < 4.78 is 13.5. The predicted octanol–water partition coefficient (Wildman–Crippen LogP) is 4.59. The molecule has 0 spiro atoms. The fraction of sp³-hybridized carbons (Fsp3) is 0.276. The average Bonchev–Trinajstić information content (AvgIpc) is 3.52. The highest BCUT2D eigenvalue weighted by molar-refractivity contribution is 6.16. The van der Waals surface area contributed by atoms with E-state index in [1.165, 1.54) is 7.05 Å². The lowest BCUT2D eigenvalue weighted by atomic mass is 10.0. The number of hydrogen-bond acceptors (Lipinski definition) is 6. The Bertz CT molecular complexity index is 1630. The summed E-state index contributed by atoms with van der Waals surface area (Å²) in [6, 6.07) is 10.4. The molecule has 1 aliphatic rings. The van der Waals surface area contributed by atoms with Crippen LogP contribution < -0.4 is 20.1 Å². The first-order valence-corrected chi connectivity index (χ1v) is 12.7. The number of ether oxygens (including phenoxy) is 2. The van der Waals surface area contributed by atoms with Crippen LogP contribution in [0.3, 0.4) is 0 Å². The summed E-state index contributed by atoms with van der Waals surface area (Å²) in [6.07, 6.45) is 1.78. The largest absolute Gasteiger partial charge is 0.497 e. The summed E-state index contributed by atoms with van der Waals surface area (Å²) >= 11 is 0. The Balaban J connectivity index is 1.62. The summed E-state index contributed by atoms with van der Waals surface area (Å²) in [5.74, 6) is 1.08. The Morgan fingerprint density at radius 3 is 2.72 bits per heavy atom. The Morgan fingerprint density at radius 1 is 1.21 bits per heavy atom. The second-order valence-corrected chi connectivity index (χ2v) is 9.75. The molecular formula is C29H32N6O4. The Morgan fingerprint density at radius 2 is 2.00 bits per heavy atom. The van der Waals surface area contributed by atoms with Gasteiger partial charge in [0, 0.05) is 47.0 Å². The van der Waals surface area contributed by atoms with Gasteiger partial charge < -0.3 is 30.0 Å². The maximum atomic E-state index is 13.4. The molecule has 10 heteroatoms. The molecule has 5 rings (SSSR count). The van der Waals surface area contributed by atoms with Crippen LogP contribution >= 0.6 is 0 Å². The number of hydrogen-bond donors (Lipinski definition) is 3. The number of nitrogens with zero attached hydrogens (tertiary/aromatic N) is 3. The Kier molecular flexibility index (Phi) is 6.88. The predicted molar refractivity (Wildman–Crippen MR) is 152 cm³/mol. The third-order valence-electron chi connectivity index (χ3n) is 6.86. The standard InChI is InChI=1S/C29H32N6O4/c1-16-26(17(2)35(33-16)12-11-34(4)5)27-21(20-14-19(38-6)8-9-23(20)32-27)15-25-28(36)22-13-18(31-29(37)30-3)7-10-24(22)39-25/h7-10,13-15,32H,11-12H2,1-6H3,(H2,30,31,37)/b25-15-. The number of carbonyl (C=O) groups excluding carboxylic acids is 2. The smallest absolute Gasteiger partial charge is 0.318 e. The van der Waals surface area contributed by atoms with Crippen molar-refractivity contribution < 1.29 is 19.1 Å². The van der Waals surface area contributed by atoms with Gasteiger partial charge in [0.05, 0.1) is 30.6 Å². The van der Waals surface area contributed by atoms with Gasteiger partial charge in [-0.1, -0.05) is 0 Å². The zero-order chi connectivity index (χ0) is 27.8. The van der Waals surface area contributed by atoms with E-state index in [1.807, 2.05) is 43.9 Å². The molecule has 0 saturated carbocycles. The van der Waals surface area contributed by atoms with Crippen molar-refractivity contribution in [2.45, 2.75) is 20.4 Å². The summed E-state index contributed by atoms with van der Waals surface area (Å²) in [5, 5.41) is 10.9. The van der Waals surface area contributed by atoms with Crippen molar-refractivity contribution in [1.82, 2.24) is 25.0 Å². The highest BCUT2D eigenvalue weighted by Gasteiger charge is 2.29. The SMILES string of the molecule is CNC(=O)Nc1ccc2c(c1)C(=O)/C(=C/c1c(-c3c(C)nn(CCN(C)C)c3C)[nH]c3ccc(OC)cc13)O2. The van der Waals surface area contributed by atoms with E-state index >= 15 is 0 Å². The van der Waals surface area contributed by atoms with E-state index < -0.39 is 0 Å². The molecule has 3 N–H and O–H groups in total. The van der Waals surface area contributed by atoms with Crippen LogP contribution in [-0.2, 0) is 6.54 Å². The average molecular weight is 529 g/mol. The van der Waals surface area contributed by atoms with Crippen LogP contribution in [0.1, 0.15) is 27.3 Å². The molecule has 0 atom stereocenters. The van der Waals surface area contributed by atoms with Gasteiger partial charge in [-0.25, -0.2) is 4.79 Å². The number of likely N-dealkylation sites (N-methyl/N-ethyl adjacent to an activating group) is 1. The van der Waals surface area contributed by atoms with Crippen molar-refractivity contribution in [2.24, 2.45) is 0 Å². The number of H-pyrrole nitrogens is 1. The number of methoxy groups -OCH3 is 1. The maximum absolute atomic E-state index is 13.4. The summed E-state index contributed by atoms with van der Waals surface area (Å²) in [7, 11) is 7.23. The molecule has 2 amide bonds. The number of aryl methyl sites for hydroxylation is 1. The third-order valence-corrected chi connectivity index (χ3v) is 6.86. The van der Waals surface area contributed by atoms with Crippen LogP contribution in [0.25, 0.3) is 28.2 Å². The van der Waals surface area contributed by atoms with Gasteiger partial charge in [-0.3, -0.25) is 9.48 Å². The molecule has 0 aliphatic carbocycles. The van der Waals surface area contributed by atoms with E-state index in [0.717, 1.165) is 52.2 Å². The van der Waals surface area contributed by atoms with Crippen LogP contribution in [0.2, 0.25) is 0 Å². The number of nitrogens with one attached hydrogen (secondary N) is 3. The summed E-state index contributed by atoms with van der Waals surface area (Å²) in [4.78, 5) is 30.9. The van der Waals surface area contributed by atoms with Crippen molar-refractivity contribution >= 4 is 34.5 Å². The first kappa shape index (κ1) is 26.1. The number of benzene rings is 2. The highest BCUT2D eigenvalue weighted by Crippen LogP contribution is 2.39. The summed E-state index contributed by atoms with van der Waals surface area (Å²) in [6.45, 7) is 5.67. The van der Waals surface area contributed by atoms with Gasteiger partial charge in [0.1, 0.15) is 11.5 Å². The number of carbonyl (C=O) groups is 2. The van der Waals surface area contributed by atoms with Crippen molar-refractivity contribution in [2.75, 3.05) is 40.1 Å². The second kappa shape index (κ2) is 10.3. The van der Waals surface area contributed by atoms with Gasteiger partial charge in [-0.05, 0) is 70.4 Å². The lowest BCUT2D eigenvalue weighted by Gasteiger charge is -2.11. The number of Topliss-reactive ketones (excluding diaryl/α,β-unsaturated/α-hetero) is 1. The van der Waals surface area contributed by atoms with E-state index in [4.69, 9.17) is 14.6 Å². The molecule has 4 aromatic rings. The molecule has 1 aliphatic heterocycles. The fourth-order valence-electron chi connectivity index (χ4n) is 4.83. The van der Waals surface area contributed by atoms with Gasteiger partial charge in [0.2, 0.25) is 5.78 Å². The number of rotatable bonds is 7. The molecule has 2 aromatic carbocycles. The Hall–Kier alpha value is -4.57. The van der Waals surface area contributed by atoms with Crippen molar-refractivity contribution in [3.05, 3.63) is 64.7 Å². The second-order valence-electron chi connectivity index (χ2n) is 9.75. The zero-order valence-electron chi connectivity index (χ0n) is 22.9. The molecule has 3 heterocycles. The molecule has 0 saturated heterocycles. The number of ketones is 1. The van der Waals surface area contributed by atoms with E-state index in [0.29, 0.717) is 22.7 Å². The van der Waals surface area contributed by atoms with Crippen LogP contribution in [0.4, 0.5) is 10.5 Å². The summed E-state index contributed by atoms with van der Waals surface area (Å²) in [5.41, 5.74) is 6.34. The van der Waals surface area contributed by atoms with E-state index in [2.05, 4.69) is 27.4 Å². The van der Waals surface area contributed by atoms with Gasteiger partial charge in [-0.2, -0.15) is 5.10 Å². The van der Waals surface area contributed by atoms with Crippen LogP contribution in [0.15, 0.2) is 42.2 Å². The zero-order valence-corrected chi connectivity index (χ0v) is 22.9. The van der Waals surface area contributed by atoms with Crippen LogP contribution in [-0.4, -0.2) is 66.3 Å². The number of amides is 2. The number of aromatic nitrogens is 3. The highest BCUT2D eigenvalue weighted by atomic mass is 16.5. The van der Waals surface area contributed by atoms with E-state index in [9.17, 15) is 9.59 Å².